The molecule has 29 heavy (non-hydrogen) atoms. The van der Waals surface area contributed by atoms with E-state index in [1.54, 1.807) is 19.2 Å². The van der Waals surface area contributed by atoms with E-state index in [-0.39, 0.29) is 23.7 Å². The highest BCUT2D eigenvalue weighted by atomic mass is 16.5. The first-order valence-corrected chi connectivity index (χ1v) is 9.85. The van der Waals surface area contributed by atoms with Crippen LogP contribution in [0.4, 0.5) is 0 Å². The van der Waals surface area contributed by atoms with Gasteiger partial charge in [0.2, 0.25) is 0 Å². The van der Waals surface area contributed by atoms with Crippen LogP contribution in [0.3, 0.4) is 0 Å². The van der Waals surface area contributed by atoms with Crippen LogP contribution in [0.15, 0.2) is 57.7 Å². The number of ketones is 1. The minimum Gasteiger partial charge on any atom is -0.497 e. The zero-order valence-corrected chi connectivity index (χ0v) is 16.9. The van der Waals surface area contributed by atoms with Crippen molar-refractivity contribution in [1.29, 1.82) is 0 Å². The Morgan fingerprint density at radius 2 is 1.76 bits per heavy atom. The van der Waals surface area contributed by atoms with E-state index in [9.17, 15) is 9.59 Å². The van der Waals surface area contributed by atoms with Crippen LogP contribution in [0, 0.1) is 0 Å². The van der Waals surface area contributed by atoms with Gasteiger partial charge in [0.25, 0.3) is 0 Å². The average Bonchev–Trinajstić information content (AvgIpc) is 2.76. The Morgan fingerprint density at radius 3 is 2.41 bits per heavy atom. The van der Waals surface area contributed by atoms with E-state index in [0.717, 1.165) is 22.3 Å². The van der Waals surface area contributed by atoms with Gasteiger partial charge in [-0.05, 0) is 35.6 Å². The second-order valence-electron chi connectivity index (χ2n) is 7.48. The zero-order chi connectivity index (χ0) is 20.6. The second kappa shape index (κ2) is 7.48. The lowest BCUT2D eigenvalue weighted by atomic mass is 9.72. The third kappa shape index (κ3) is 3.15. The summed E-state index contributed by atoms with van der Waals surface area (Å²) < 4.78 is 17.2. The van der Waals surface area contributed by atoms with Crippen molar-refractivity contribution in [3.63, 3.8) is 0 Å². The summed E-state index contributed by atoms with van der Waals surface area (Å²) in [4.78, 5) is 25.8. The topological polar surface area (TPSA) is 65.7 Å². The number of ether oxygens (including phenoxy) is 2. The first kappa shape index (κ1) is 19.4. The molecule has 0 bridgehead atoms. The lowest BCUT2D eigenvalue weighted by Crippen LogP contribution is -2.49. The summed E-state index contributed by atoms with van der Waals surface area (Å²) in [6, 6.07) is 14.9. The van der Waals surface area contributed by atoms with E-state index >= 15 is 0 Å². The van der Waals surface area contributed by atoms with E-state index in [0.29, 0.717) is 24.2 Å². The third-order valence-electron chi connectivity index (χ3n) is 6.05. The van der Waals surface area contributed by atoms with Gasteiger partial charge in [-0.15, -0.1) is 0 Å². The van der Waals surface area contributed by atoms with Crippen molar-refractivity contribution in [2.75, 3.05) is 7.11 Å². The molecule has 0 amide bonds. The standard InChI is InChI=1S/C24H24O5/c1-4-24(28-14-16-9-11-17(27-3)12-10-16)15(2)22-20(13-21(24)25)18-7-5-6-8-19(18)23(26)29-22/h5-12,15H,4,13-14H2,1-3H3/t15-,24+/m1/s1. The molecule has 150 valence electrons. The molecule has 2 atom stereocenters. The predicted octanol–water partition coefficient (Wildman–Crippen LogP) is 4.40. The molecule has 1 aliphatic carbocycles. The smallest absolute Gasteiger partial charge is 0.343 e. The maximum absolute atomic E-state index is 13.3. The molecular formula is C24H24O5. The molecule has 0 fully saturated rings. The Hall–Kier alpha value is -2.92. The zero-order valence-electron chi connectivity index (χ0n) is 16.9. The molecule has 1 aromatic heterocycles. The van der Waals surface area contributed by atoms with E-state index in [1.807, 2.05) is 50.2 Å². The Labute approximate surface area is 169 Å². The van der Waals surface area contributed by atoms with Gasteiger partial charge in [-0.3, -0.25) is 4.79 Å². The number of hydrogen-bond donors (Lipinski definition) is 0. The van der Waals surface area contributed by atoms with E-state index < -0.39 is 5.60 Å². The SMILES string of the molecule is CC[C@@]1(OCc2ccc(OC)cc2)C(=O)Cc2c(oc(=O)c3ccccc23)[C@H]1C. The summed E-state index contributed by atoms with van der Waals surface area (Å²) in [5, 5.41) is 1.30. The summed E-state index contributed by atoms with van der Waals surface area (Å²) in [6.07, 6.45) is 0.694. The molecule has 2 aromatic carbocycles. The highest BCUT2D eigenvalue weighted by Crippen LogP contribution is 2.43. The normalized spacial score (nSPS) is 21.2. The number of methoxy groups -OCH3 is 1. The quantitative estimate of drug-likeness (QED) is 0.644. The Bertz CT molecular complexity index is 1110. The summed E-state index contributed by atoms with van der Waals surface area (Å²) in [5.41, 5.74) is 0.352. The highest BCUT2D eigenvalue weighted by molar-refractivity contribution is 5.97. The summed E-state index contributed by atoms with van der Waals surface area (Å²) in [6.45, 7) is 4.14. The van der Waals surface area contributed by atoms with Gasteiger partial charge in [0.1, 0.15) is 17.1 Å². The molecule has 0 N–H and O–H groups in total. The van der Waals surface area contributed by atoms with Gasteiger partial charge in [0.15, 0.2) is 5.78 Å². The molecule has 0 spiro atoms. The fourth-order valence-electron chi connectivity index (χ4n) is 4.31. The van der Waals surface area contributed by atoms with Crippen molar-refractivity contribution in [2.45, 2.75) is 44.8 Å². The van der Waals surface area contributed by atoms with E-state index in [1.165, 1.54) is 0 Å². The van der Waals surface area contributed by atoms with Crippen LogP contribution in [0.25, 0.3) is 10.8 Å². The molecule has 5 heteroatoms. The van der Waals surface area contributed by atoms with Gasteiger partial charge < -0.3 is 13.9 Å². The summed E-state index contributed by atoms with van der Waals surface area (Å²) in [7, 11) is 1.62. The van der Waals surface area contributed by atoms with Crippen molar-refractivity contribution in [3.8, 4) is 5.75 Å². The maximum Gasteiger partial charge on any atom is 0.343 e. The minimum atomic E-state index is -1.02. The molecule has 0 aliphatic heterocycles. The predicted molar refractivity (Wildman–Crippen MR) is 110 cm³/mol. The first-order chi connectivity index (χ1) is 14.0. The number of fused-ring (bicyclic) bond motifs is 3. The van der Waals surface area contributed by atoms with Crippen LogP contribution in [0.2, 0.25) is 0 Å². The van der Waals surface area contributed by atoms with E-state index in [2.05, 4.69) is 0 Å². The fraction of sp³-hybridized carbons (Fsp3) is 0.333. The van der Waals surface area contributed by atoms with Gasteiger partial charge in [-0.1, -0.05) is 44.2 Å². The van der Waals surface area contributed by atoms with Gasteiger partial charge in [0, 0.05) is 12.0 Å². The molecular weight excluding hydrogens is 368 g/mol. The minimum absolute atomic E-state index is 0.0208. The Morgan fingerprint density at radius 1 is 1.07 bits per heavy atom. The monoisotopic (exact) mass is 392 g/mol. The van der Waals surface area contributed by atoms with Crippen molar-refractivity contribution in [1.82, 2.24) is 0 Å². The van der Waals surface area contributed by atoms with Gasteiger partial charge in [-0.2, -0.15) is 0 Å². The highest BCUT2D eigenvalue weighted by Gasteiger charge is 2.49. The Balaban J connectivity index is 1.71. The molecule has 1 heterocycles. The van der Waals surface area contributed by atoms with Crippen molar-refractivity contribution >= 4 is 16.6 Å². The van der Waals surface area contributed by atoms with Crippen LogP contribution >= 0.6 is 0 Å². The molecule has 0 radical (unpaired) electrons. The third-order valence-corrected chi connectivity index (χ3v) is 6.05. The van der Waals surface area contributed by atoms with Gasteiger partial charge in [0.05, 0.1) is 25.0 Å². The number of benzene rings is 2. The van der Waals surface area contributed by atoms with Crippen LogP contribution in [-0.4, -0.2) is 18.5 Å². The second-order valence-corrected chi connectivity index (χ2v) is 7.48. The number of Topliss-reactive ketones (excluding diaryl/α,β-unsaturated/α-hetero) is 1. The van der Waals surface area contributed by atoms with Crippen LogP contribution in [0.1, 0.15) is 43.1 Å². The van der Waals surface area contributed by atoms with Crippen molar-refractivity contribution < 1.29 is 18.7 Å². The molecule has 3 aromatic rings. The lowest BCUT2D eigenvalue weighted by molar-refractivity contribution is -0.153. The molecule has 0 saturated heterocycles. The molecule has 4 rings (SSSR count). The van der Waals surface area contributed by atoms with Gasteiger partial charge >= 0.3 is 5.63 Å². The molecule has 0 unspecified atom stereocenters. The van der Waals surface area contributed by atoms with Crippen LogP contribution in [-0.2, 0) is 22.6 Å². The fourth-order valence-corrected chi connectivity index (χ4v) is 4.31. The molecule has 0 saturated carbocycles. The summed E-state index contributed by atoms with van der Waals surface area (Å²) >= 11 is 0. The summed E-state index contributed by atoms with van der Waals surface area (Å²) in [5.74, 6) is 0.986. The lowest BCUT2D eigenvalue weighted by Gasteiger charge is -2.40. The van der Waals surface area contributed by atoms with Crippen LogP contribution < -0.4 is 10.4 Å². The maximum atomic E-state index is 13.3. The largest absolute Gasteiger partial charge is 0.497 e. The Kier molecular flexibility index (Phi) is 5.01. The number of carbonyl (C=O) groups excluding carboxylic acids is 1. The number of hydrogen-bond acceptors (Lipinski definition) is 5. The number of rotatable bonds is 5. The van der Waals surface area contributed by atoms with Crippen molar-refractivity contribution in [3.05, 3.63) is 75.8 Å². The molecule has 1 aliphatic rings. The molecule has 5 nitrogen and oxygen atoms in total. The van der Waals surface area contributed by atoms with Crippen LogP contribution in [0.5, 0.6) is 5.75 Å². The average molecular weight is 392 g/mol. The first-order valence-electron chi connectivity index (χ1n) is 9.85. The number of carbonyl (C=O) groups is 1. The van der Waals surface area contributed by atoms with Crippen molar-refractivity contribution in [2.24, 2.45) is 0 Å². The van der Waals surface area contributed by atoms with Gasteiger partial charge in [-0.25, -0.2) is 4.79 Å². The van der Waals surface area contributed by atoms with E-state index in [4.69, 9.17) is 13.9 Å².